The van der Waals surface area contributed by atoms with Gasteiger partial charge in [0.25, 0.3) is 11.8 Å². The first-order valence-electron chi connectivity index (χ1n) is 11.6. The number of nitrogen functional groups attached to an aromatic ring is 1. The molecule has 0 saturated carbocycles. The number of carbonyl (C=O) groups excluding carboxylic acids is 4. The Bertz CT molecular complexity index is 1350. The van der Waals surface area contributed by atoms with Gasteiger partial charge >= 0.3 is 0 Å². The molecule has 2 aromatic rings. The van der Waals surface area contributed by atoms with Crippen LogP contribution in [0.3, 0.4) is 0 Å². The van der Waals surface area contributed by atoms with Crippen molar-refractivity contribution >= 4 is 64.0 Å². The smallest absolute Gasteiger partial charge is 0.278 e. The van der Waals surface area contributed by atoms with Gasteiger partial charge in [-0.15, -0.1) is 11.8 Å². The van der Waals surface area contributed by atoms with Crippen molar-refractivity contribution in [3.05, 3.63) is 41.6 Å². The molecule has 4 heterocycles. The number of nitrogens with one attached hydrogen (secondary N) is 1. The minimum absolute atomic E-state index is 0.0626. The van der Waals surface area contributed by atoms with Crippen LogP contribution in [-0.2, 0) is 30.6 Å². The summed E-state index contributed by atoms with van der Waals surface area (Å²) in [7, 11) is 0. The molecule has 3 amide bonds. The summed E-state index contributed by atoms with van der Waals surface area (Å²) in [4.78, 5) is 60.8. The van der Waals surface area contributed by atoms with Crippen molar-refractivity contribution in [2.45, 2.75) is 24.9 Å². The Hall–Kier alpha value is -4.09. The molecule has 15 nitrogen and oxygen atoms in total. The first-order chi connectivity index (χ1) is 18.8. The van der Waals surface area contributed by atoms with Crippen LogP contribution in [0.2, 0.25) is 0 Å². The molecule has 2 aliphatic rings. The molecule has 4 N–H and O–H groups in total. The maximum absolute atomic E-state index is 13.1. The van der Waals surface area contributed by atoms with E-state index in [0.717, 1.165) is 16.4 Å². The van der Waals surface area contributed by atoms with Crippen molar-refractivity contribution in [2.75, 3.05) is 36.1 Å². The maximum atomic E-state index is 13.1. The summed E-state index contributed by atoms with van der Waals surface area (Å²) in [6, 6.07) is 2.32. The van der Waals surface area contributed by atoms with Crippen LogP contribution in [0.4, 0.5) is 10.8 Å². The standard InChI is InChI=1S/C22H24N8O7S2/c1-2-37-26-14(17-25-22(23)39-27-17)18(33)24-15-19(34)30-16(21(35)36)12(10-38-20(15)30)8-28-5-3-4-13(9-28)29(11-32)6-7-31/h3-5,9,11,15,20,31H,2,6-8,10H2,1H3,(H3-,23,24,25,27,33,35,36)/t15?,20-/m1/s1. The fraction of sp³-hybridized carbons (Fsp3) is 0.364. The lowest BCUT2D eigenvalue weighted by Crippen LogP contribution is -2.71. The molecule has 1 saturated heterocycles. The monoisotopic (exact) mass is 576 g/mol. The van der Waals surface area contributed by atoms with Gasteiger partial charge < -0.3 is 35.8 Å². The Morgan fingerprint density at radius 3 is 2.92 bits per heavy atom. The number of anilines is 2. The SMILES string of the molecule is CCON=C(C(=O)NC1C(=O)N2C(C(=O)[O-])=C(C[n+]3cccc(N(C=O)CCO)c3)CS[C@H]12)c1nsc(N)n1. The topological polar surface area (TPSA) is 207 Å². The van der Waals surface area contributed by atoms with Crippen LogP contribution >= 0.6 is 23.3 Å². The van der Waals surface area contributed by atoms with Gasteiger partial charge in [-0.1, -0.05) is 5.16 Å². The highest BCUT2D eigenvalue weighted by Crippen LogP contribution is 2.40. The molecule has 0 bridgehead atoms. The summed E-state index contributed by atoms with van der Waals surface area (Å²) >= 11 is 2.14. The summed E-state index contributed by atoms with van der Waals surface area (Å²) in [6.45, 7) is 1.81. The van der Waals surface area contributed by atoms with Gasteiger partial charge in [0, 0.05) is 35.5 Å². The van der Waals surface area contributed by atoms with Crippen molar-refractivity contribution in [1.82, 2.24) is 19.6 Å². The number of nitrogens with two attached hydrogens (primary N) is 1. The van der Waals surface area contributed by atoms with E-state index >= 15 is 0 Å². The second kappa shape index (κ2) is 12.2. The third-order valence-electron chi connectivity index (χ3n) is 5.70. The van der Waals surface area contributed by atoms with Gasteiger partial charge in [0.15, 0.2) is 24.1 Å². The van der Waals surface area contributed by atoms with Crippen molar-refractivity contribution < 1.29 is 38.8 Å². The Balaban J connectivity index is 1.53. The highest BCUT2D eigenvalue weighted by atomic mass is 32.2. The average Bonchev–Trinajstić information content (AvgIpc) is 3.35. The second-order valence-electron chi connectivity index (χ2n) is 8.17. The van der Waals surface area contributed by atoms with Crippen LogP contribution in [0.1, 0.15) is 12.7 Å². The number of hydrogen-bond acceptors (Lipinski definition) is 13. The number of aliphatic hydroxyl groups excluding tert-OH is 1. The van der Waals surface area contributed by atoms with Gasteiger partial charge in [0.1, 0.15) is 23.7 Å². The van der Waals surface area contributed by atoms with Crippen molar-refractivity contribution in [3.63, 3.8) is 0 Å². The number of oxime groups is 1. The number of fused-ring (bicyclic) bond motifs is 1. The van der Waals surface area contributed by atoms with Crippen molar-refractivity contribution in [2.24, 2.45) is 5.16 Å². The lowest BCUT2D eigenvalue weighted by molar-refractivity contribution is -0.688. The van der Waals surface area contributed by atoms with E-state index in [1.165, 1.54) is 16.7 Å². The zero-order valence-corrected chi connectivity index (χ0v) is 22.2. The molecule has 2 aliphatic heterocycles. The Morgan fingerprint density at radius 2 is 2.28 bits per heavy atom. The number of nitrogens with zero attached hydrogens (tertiary/aromatic N) is 6. The minimum atomic E-state index is -1.53. The van der Waals surface area contributed by atoms with Gasteiger partial charge in [0.05, 0.1) is 18.3 Å². The summed E-state index contributed by atoms with van der Waals surface area (Å²) in [6.07, 6.45) is 3.89. The van der Waals surface area contributed by atoms with Gasteiger partial charge in [-0.05, 0) is 13.0 Å². The number of aliphatic carboxylic acids is 1. The lowest BCUT2D eigenvalue weighted by atomic mass is 10.0. The number of β-lactam (4-membered cyclic amide) rings is 1. The van der Waals surface area contributed by atoms with E-state index in [4.69, 9.17) is 15.7 Å². The van der Waals surface area contributed by atoms with E-state index in [1.54, 1.807) is 36.0 Å². The highest BCUT2D eigenvalue weighted by Gasteiger charge is 2.53. The zero-order valence-electron chi connectivity index (χ0n) is 20.6. The number of carbonyl (C=O) groups is 4. The molecule has 0 radical (unpaired) electrons. The predicted octanol–water partition coefficient (Wildman–Crippen LogP) is -2.79. The van der Waals surface area contributed by atoms with Gasteiger partial charge in [-0.25, -0.2) is 0 Å². The van der Waals surface area contributed by atoms with E-state index < -0.39 is 29.2 Å². The van der Waals surface area contributed by atoms with E-state index in [9.17, 15) is 24.3 Å². The molecule has 2 atom stereocenters. The van der Waals surface area contributed by atoms with Gasteiger partial charge in [-0.2, -0.15) is 13.9 Å². The number of rotatable bonds is 12. The quantitative estimate of drug-likeness (QED) is 0.0773. The fourth-order valence-electron chi connectivity index (χ4n) is 3.99. The minimum Gasteiger partial charge on any atom is -0.543 e. The molecule has 1 fully saturated rings. The van der Waals surface area contributed by atoms with Gasteiger partial charge in [-0.3, -0.25) is 19.3 Å². The number of carboxylic acid groups (broad SMARTS) is 1. The summed E-state index contributed by atoms with van der Waals surface area (Å²) in [5, 5.41) is 27.0. The van der Waals surface area contributed by atoms with E-state index in [-0.39, 0.29) is 54.4 Å². The number of aromatic nitrogens is 3. The number of amides is 3. The molecule has 0 aromatic carbocycles. The Morgan fingerprint density at radius 1 is 1.49 bits per heavy atom. The summed E-state index contributed by atoms with van der Waals surface area (Å²) in [5.74, 6) is -2.76. The molecular weight excluding hydrogens is 552 g/mol. The number of hydrogen-bond donors (Lipinski definition) is 3. The van der Waals surface area contributed by atoms with Crippen molar-refractivity contribution in [3.8, 4) is 0 Å². The number of thioether (sulfide) groups is 1. The fourth-order valence-corrected chi connectivity index (χ4v) is 5.76. The maximum Gasteiger partial charge on any atom is 0.278 e. The van der Waals surface area contributed by atoms with E-state index in [2.05, 4.69) is 19.8 Å². The molecule has 206 valence electrons. The van der Waals surface area contributed by atoms with Crippen LogP contribution < -0.4 is 25.6 Å². The first kappa shape index (κ1) is 27.9. The second-order valence-corrected chi connectivity index (χ2v) is 10.1. The van der Waals surface area contributed by atoms with Crippen LogP contribution in [-0.4, -0.2) is 86.2 Å². The molecule has 2 aromatic heterocycles. The van der Waals surface area contributed by atoms with E-state index in [0.29, 0.717) is 17.7 Å². The molecule has 0 aliphatic carbocycles. The summed E-state index contributed by atoms with van der Waals surface area (Å²) in [5.41, 5.74) is 5.98. The normalized spacial score (nSPS) is 18.8. The highest BCUT2D eigenvalue weighted by molar-refractivity contribution is 8.00. The van der Waals surface area contributed by atoms with Crippen LogP contribution in [0.25, 0.3) is 0 Å². The van der Waals surface area contributed by atoms with Crippen LogP contribution in [0.5, 0.6) is 0 Å². The predicted molar refractivity (Wildman–Crippen MR) is 137 cm³/mol. The number of carboxylic acids is 1. The Labute approximate surface area is 230 Å². The molecule has 39 heavy (non-hydrogen) atoms. The summed E-state index contributed by atoms with van der Waals surface area (Å²) < 4.78 is 5.62. The number of aliphatic hydroxyl groups is 1. The molecule has 1 unspecified atom stereocenters. The molecule has 17 heteroatoms. The first-order valence-corrected chi connectivity index (χ1v) is 13.4. The average molecular weight is 577 g/mol. The number of pyridine rings is 1. The van der Waals surface area contributed by atoms with Crippen LogP contribution in [0, 0.1) is 0 Å². The zero-order chi connectivity index (χ0) is 28.1. The van der Waals surface area contributed by atoms with Gasteiger partial charge in [0.2, 0.25) is 17.9 Å². The van der Waals surface area contributed by atoms with E-state index in [1.807, 2.05) is 0 Å². The Kier molecular flexibility index (Phi) is 8.72. The van der Waals surface area contributed by atoms with Crippen LogP contribution in [0.15, 0.2) is 41.0 Å². The largest absolute Gasteiger partial charge is 0.543 e. The van der Waals surface area contributed by atoms with Crippen molar-refractivity contribution in [1.29, 1.82) is 0 Å². The third kappa shape index (κ3) is 5.84. The molecule has 0 spiro atoms. The molecular formula is C22H24N8O7S2. The lowest BCUT2D eigenvalue weighted by Gasteiger charge is -2.50. The third-order valence-corrected chi connectivity index (χ3v) is 7.58. The molecule has 4 rings (SSSR count).